The number of H-pyrrole nitrogens is 1. The molecular weight excluding hydrogens is 491 g/mol. The lowest BCUT2D eigenvalue weighted by molar-refractivity contribution is 0.248. The number of benzene rings is 2. The van der Waals surface area contributed by atoms with Gasteiger partial charge >= 0.3 is 6.03 Å². The second-order valence-corrected chi connectivity index (χ2v) is 9.13. The first kappa shape index (κ1) is 22.9. The Kier molecular flexibility index (Phi) is 5.96. The van der Waals surface area contributed by atoms with Crippen molar-refractivity contribution in [2.75, 3.05) is 5.01 Å². The van der Waals surface area contributed by atoms with Crippen LogP contribution in [0.2, 0.25) is 10.0 Å². The summed E-state index contributed by atoms with van der Waals surface area (Å²) in [4.78, 5) is 24.7. The number of rotatable bonds is 5. The van der Waals surface area contributed by atoms with Gasteiger partial charge in [-0.25, -0.2) is 9.89 Å². The van der Waals surface area contributed by atoms with Crippen molar-refractivity contribution in [3.05, 3.63) is 92.3 Å². The summed E-state index contributed by atoms with van der Waals surface area (Å²) >= 11 is 12.8. The molecule has 0 radical (unpaired) electrons. The zero-order valence-corrected chi connectivity index (χ0v) is 19.8. The molecule has 1 aliphatic heterocycles. The third-order valence-corrected chi connectivity index (χ3v) is 6.62. The van der Waals surface area contributed by atoms with E-state index in [1.807, 2.05) is 18.2 Å². The number of hydrazone groups is 1. The van der Waals surface area contributed by atoms with Crippen LogP contribution < -0.4 is 26.4 Å². The molecule has 9 nitrogen and oxygen atoms in total. The predicted molar refractivity (Wildman–Crippen MR) is 134 cm³/mol. The van der Waals surface area contributed by atoms with Crippen LogP contribution in [0.15, 0.2) is 70.7 Å². The molecule has 1 aromatic heterocycles. The topological polar surface area (TPSA) is 126 Å². The molecule has 3 aromatic rings. The molecule has 0 saturated heterocycles. The summed E-state index contributed by atoms with van der Waals surface area (Å²) in [5, 5.41) is 14.2. The number of halogens is 2. The molecule has 2 amide bonds. The lowest BCUT2D eigenvalue weighted by atomic mass is 9.69. The Morgan fingerprint density at radius 3 is 2.43 bits per heavy atom. The van der Waals surface area contributed by atoms with Crippen LogP contribution in [0.5, 0.6) is 11.6 Å². The number of hydrogen-bond acceptors (Lipinski definition) is 6. The lowest BCUT2D eigenvalue weighted by Gasteiger charge is -2.35. The second-order valence-electron chi connectivity index (χ2n) is 8.31. The maximum Gasteiger partial charge on any atom is 0.347 e. The van der Waals surface area contributed by atoms with Gasteiger partial charge in [0.25, 0.3) is 5.56 Å². The Morgan fingerprint density at radius 1 is 1.06 bits per heavy atom. The van der Waals surface area contributed by atoms with Gasteiger partial charge in [-0.3, -0.25) is 4.79 Å². The second kappa shape index (κ2) is 9.09. The normalized spacial score (nSPS) is 19.6. The first-order valence-electron chi connectivity index (χ1n) is 10.8. The number of hydrogen-bond donors (Lipinski definition) is 3. The van der Waals surface area contributed by atoms with Gasteiger partial charge in [0.05, 0.1) is 21.4 Å². The number of anilines is 1. The number of aromatic amines is 1. The number of urea groups is 1. The average molecular weight is 511 g/mol. The monoisotopic (exact) mass is 510 g/mol. The molecule has 0 atom stereocenters. The summed E-state index contributed by atoms with van der Waals surface area (Å²) in [6, 6.07) is 14.2. The van der Waals surface area contributed by atoms with Gasteiger partial charge in [-0.2, -0.15) is 5.01 Å². The zero-order valence-electron chi connectivity index (χ0n) is 18.3. The molecule has 5 rings (SSSR count). The van der Waals surface area contributed by atoms with E-state index in [9.17, 15) is 9.59 Å². The fraction of sp³-hybridized carbons (Fsp3) is 0.167. The molecule has 2 heterocycles. The zero-order chi connectivity index (χ0) is 24.7. The summed E-state index contributed by atoms with van der Waals surface area (Å²) in [6.07, 6.45) is 1.72. The van der Waals surface area contributed by atoms with Gasteiger partial charge in [0.15, 0.2) is 11.6 Å². The Bertz CT molecular complexity index is 1390. The highest BCUT2D eigenvalue weighted by molar-refractivity contribution is 6.37. The third kappa shape index (κ3) is 4.48. The maximum absolute atomic E-state index is 12.4. The smallest absolute Gasteiger partial charge is 0.347 e. The minimum absolute atomic E-state index is 0.0487. The van der Waals surface area contributed by atoms with E-state index >= 15 is 0 Å². The van der Waals surface area contributed by atoms with Gasteiger partial charge in [0.1, 0.15) is 0 Å². The lowest BCUT2D eigenvalue weighted by Crippen LogP contribution is -2.45. The van der Waals surface area contributed by atoms with Crippen LogP contribution in [0.25, 0.3) is 0 Å². The van der Waals surface area contributed by atoms with E-state index in [4.69, 9.17) is 33.7 Å². The highest BCUT2D eigenvalue weighted by Gasteiger charge is 2.33. The number of nitrogens with one attached hydrogen (secondary N) is 2. The van der Waals surface area contributed by atoms with Crippen molar-refractivity contribution in [2.45, 2.75) is 24.7 Å². The van der Waals surface area contributed by atoms with Gasteiger partial charge in [0.2, 0.25) is 5.88 Å². The first-order chi connectivity index (χ1) is 16.8. The van der Waals surface area contributed by atoms with Gasteiger partial charge in [-0.15, -0.1) is 10.2 Å². The number of aromatic nitrogens is 2. The Balaban J connectivity index is 1.36. The highest BCUT2D eigenvalue weighted by atomic mass is 35.5. The molecule has 1 saturated carbocycles. The van der Waals surface area contributed by atoms with Crippen molar-refractivity contribution in [1.29, 1.82) is 0 Å². The average Bonchev–Trinajstić information content (AvgIpc) is 2.80. The first-order valence-corrected chi connectivity index (χ1v) is 11.5. The van der Waals surface area contributed by atoms with E-state index in [0.717, 1.165) is 17.9 Å². The van der Waals surface area contributed by atoms with Crippen LogP contribution in [0.1, 0.15) is 35.8 Å². The highest BCUT2D eigenvalue weighted by Crippen LogP contribution is 2.47. The van der Waals surface area contributed by atoms with Crippen LogP contribution in [0.4, 0.5) is 10.5 Å². The molecule has 178 valence electrons. The van der Waals surface area contributed by atoms with Crippen LogP contribution in [0.3, 0.4) is 0 Å². The molecule has 1 fully saturated rings. The molecular formula is C24H20Cl2N6O3. The van der Waals surface area contributed by atoms with E-state index in [2.05, 4.69) is 39.3 Å². The number of carbonyl (C=O) groups is 1. The summed E-state index contributed by atoms with van der Waals surface area (Å²) in [5.74, 6) is 0.826. The Hall–Kier alpha value is -3.82. The number of carbonyl (C=O) groups excluding carboxylic acids is 1. The molecule has 35 heavy (non-hydrogen) atoms. The maximum atomic E-state index is 12.4. The molecule has 4 N–H and O–H groups in total. The molecule has 0 unspecified atom stereocenters. The van der Waals surface area contributed by atoms with Crippen LogP contribution >= 0.6 is 23.2 Å². The van der Waals surface area contributed by atoms with E-state index < -0.39 is 6.03 Å². The van der Waals surface area contributed by atoms with Crippen LogP contribution in [0, 0.1) is 0 Å². The largest absolute Gasteiger partial charge is 0.434 e. The number of amides is 2. The van der Waals surface area contributed by atoms with E-state index in [1.54, 1.807) is 6.07 Å². The van der Waals surface area contributed by atoms with Gasteiger partial charge < -0.3 is 15.8 Å². The summed E-state index contributed by atoms with van der Waals surface area (Å²) in [7, 11) is 0. The molecule has 2 aliphatic rings. The van der Waals surface area contributed by atoms with E-state index in [0.29, 0.717) is 11.5 Å². The Morgan fingerprint density at radius 2 is 1.74 bits per heavy atom. The Labute approximate surface area is 210 Å². The quantitative estimate of drug-likeness (QED) is 0.452. The number of nitrogens with zero attached hydrogens (tertiary/aromatic N) is 3. The summed E-state index contributed by atoms with van der Waals surface area (Å²) < 4.78 is 5.83. The fourth-order valence-electron chi connectivity index (χ4n) is 4.13. The summed E-state index contributed by atoms with van der Waals surface area (Å²) in [5.41, 5.74) is 7.83. The van der Waals surface area contributed by atoms with Gasteiger partial charge in [-0.05, 0) is 42.4 Å². The molecule has 1 aliphatic carbocycles. The SMILES string of the molecule is C=C1NC(=O)N(c2cc(Cl)c(Oc3cc(C4CC(c5ccccc5)C4)c(=O)[nH]n3)c(Cl)c2)N=C1N. The molecule has 11 heteroatoms. The predicted octanol–water partition coefficient (Wildman–Crippen LogP) is 4.85. The standard InChI is InChI=1S/C24H20Cl2N6O3/c1-12-22(27)31-32(24(34)28-12)16-9-18(25)21(19(26)10-16)35-20-11-17(23(33)30-29-20)15-7-14(8-15)13-5-3-2-4-6-13/h2-6,9-11,14-15H,1,7-8H2,(H2,27,31)(H,28,34)(H,30,33). The fourth-order valence-corrected chi connectivity index (χ4v) is 4.68. The van der Waals surface area contributed by atoms with Crippen molar-refractivity contribution < 1.29 is 9.53 Å². The van der Waals surface area contributed by atoms with Crippen LogP contribution in [-0.2, 0) is 0 Å². The van der Waals surface area contributed by atoms with Gasteiger partial charge in [0, 0.05) is 11.6 Å². The molecule has 0 bridgehead atoms. The third-order valence-electron chi connectivity index (χ3n) is 6.06. The van der Waals surface area contributed by atoms with Crippen molar-refractivity contribution in [1.82, 2.24) is 15.5 Å². The van der Waals surface area contributed by atoms with Gasteiger partial charge in [-0.1, -0.05) is 60.1 Å². The molecule has 2 aromatic carbocycles. The van der Waals surface area contributed by atoms with Crippen molar-refractivity contribution in [2.24, 2.45) is 10.8 Å². The van der Waals surface area contributed by atoms with Crippen molar-refractivity contribution in [3.8, 4) is 11.6 Å². The van der Waals surface area contributed by atoms with E-state index in [1.165, 1.54) is 17.7 Å². The van der Waals surface area contributed by atoms with Crippen molar-refractivity contribution in [3.63, 3.8) is 0 Å². The number of nitrogens with two attached hydrogens (primary N) is 1. The minimum Gasteiger partial charge on any atom is -0.434 e. The number of ether oxygens (including phenoxy) is 1. The van der Waals surface area contributed by atoms with E-state index in [-0.39, 0.29) is 50.4 Å². The minimum atomic E-state index is -0.564. The summed E-state index contributed by atoms with van der Waals surface area (Å²) in [6.45, 7) is 3.61. The number of amidine groups is 1. The van der Waals surface area contributed by atoms with Crippen LogP contribution in [-0.4, -0.2) is 22.1 Å². The molecule has 0 spiro atoms. The van der Waals surface area contributed by atoms with Crippen molar-refractivity contribution >= 4 is 40.8 Å².